The van der Waals surface area contributed by atoms with E-state index in [0.717, 1.165) is 5.56 Å². The van der Waals surface area contributed by atoms with Gasteiger partial charge in [0, 0.05) is 18.6 Å². The average molecular weight is 434 g/mol. The van der Waals surface area contributed by atoms with Crippen molar-refractivity contribution in [3.63, 3.8) is 0 Å². The van der Waals surface area contributed by atoms with Gasteiger partial charge in [-0.3, -0.25) is 9.69 Å². The van der Waals surface area contributed by atoms with E-state index in [0.29, 0.717) is 18.0 Å². The molecule has 0 amide bonds. The summed E-state index contributed by atoms with van der Waals surface area (Å²) in [4.78, 5) is 14.8. The number of carbonyl (C=O) groups excluding carboxylic acids is 1. The van der Waals surface area contributed by atoms with Crippen LogP contribution >= 0.6 is 0 Å². The molecule has 168 valence electrons. The predicted molar refractivity (Wildman–Crippen MR) is 126 cm³/mol. The Labute approximate surface area is 190 Å². The molecule has 0 bridgehead atoms. The summed E-state index contributed by atoms with van der Waals surface area (Å²) < 4.78 is 16.0. The van der Waals surface area contributed by atoms with Crippen LogP contribution in [0.25, 0.3) is 0 Å². The molecule has 0 spiro atoms. The van der Waals surface area contributed by atoms with Crippen molar-refractivity contribution in [1.29, 1.82) is 0 Å². The van der Waals surface area contributed by atoms with Crippen molar-refractivity contribution in [3.8, 4) is 11.5 Å². The Balaban J connectivity index is 2.08. The van der Waals surface area contributed by atoms with Crippen molar-refractivity contribution >= 4 is 5.97 Å². The standard InChI is InChI=1S/C27H31NO4/c1-20(22-13-9-6-10-14-22)28(19-21-11-7-5-8-12-21)24(18-27(29)32-4)23-15-16-25(30-2)26(17-23)31-3/h5-17,20,24H,18-19H2,1-4H3/t20-,24+/m1/s1. The van der Waals surface area contributed by atoms with Gasteiger partial charge in [0.15, 0.2) is 11.5 Å². The molecular formula is C27H31NO4. The van der Waals surface area contributed by atoms with Crippen LogP contribution in [0.15, 0.2) is 78.9 Å². The lowest BCUT2D eigenvalue weighted by Gasteiger charge is -2.37. The van der Waals surface area contributed by atoms with Gasteiger partial charge in [-0.1, -0.05) is 66.7 Å². The Kier molecular flexibility index (Phi) is 8.28. The Morgan fingerprint density at radius 3 is 2.03 bits per heavy atom. The summed E-state index contributed by atoms with van der Waals surface area (Å²) in [5, 5.41) is 0. The highest BCUT2D eigenvalue weighted by Crippen LogP contribution is 2.38. The SMILES string of the molecule is COC(=O)C[C@@H](c1ccc(OC)c(OC)c1)N(Cc1ccccc1)[C@H](C)c1ccccc1. The minimum atomic E-state index is -0.261. The second-order valence-electron chi connectivity index (χ2n) is 7.66. The zero-order valence-corrected chi connectivity index (χ0v) is 19.2. The molecule has 0 aliphatic heterocycles. The van der Waals surface area contributed by atoms with E-state index in [9.17, 15) is 4.79 Å². The molecule has 5 nitrogen and oxygen atoms in total. The van der Waals surface area contributed by atoms with Crippen molar-refractivity contribution in [3.05, 3.63) is 95.6 Å². The largest absolute Gasteiger partial charge is 0.493 e. The Morgan fingerprint density at radius 2 is 1.44 bits per heavy atom. The van der Waals surface area contributed by atoms with E-state index in [1.165, 1.54) is 18.2 Å². The normalized spacial score (nSPS) is 12.8. The van der Waals surface area contributed by atoms with Gasteiger partial charge in [0.05, 0.1) is 27.8 Å². The number of hydrogen-bond acceptors (Lipinski definition) is 5. The van der Waals surface area contributed by atoms with Gasteiger partial charge in [0.25, 0.3) is 0 Å². The van der Waals surface area contributed by atoms with Crippen LogP contribution in [0.4, 0.5) is 0 Å². The van der Waals surface area contributed by atoms with Gasteiger partial charge in [0.2, 0.25) is 0 Å². The summed E-state index contributed by atoms with van der Waals surface area (Å²) in [7, 11) is 4.66. The summed E-state index contributed by atoms with van der Waals surface area (Å²) >= 11 is 0. The van der Waals surface area contributed by atoms with E-state index in [-0.39, 0.29) is 24.5 Å². The van der Waals surface area contributed by atoms with E-state index < -0.39 is 0 Å². The van der Waals surface area contributed by atoms with E-state index in [2.05, 4.69) is 36.1 Å². The molecule has 0 unspecified atom stereocenters. The first kappa shape index (κ1) is 23.4. The second-order valence-corrected chi connectivity index (χ2v) is 7.66. The van der Waals surface area contributed by atoms with Gasteiger partial charge in [-0.15, -0.1) is 0 Å². The molecular weight excluding hydrogens is 402 g/mol. The van der Waals surface area contributed by atoms with Gasteiger partial charge in [-0.25, -0.2) is 0 Å². The van der Waals surface area contributed by atoms with Crippen LogP contribution in [0, 0.1) is 0 Å². The number of hydrogen-bond donors (Lipinski definition) is 0. The molecule has 0 heterocycles. The highest BCUT2D eigenvalue weighted by atomic mass is 16.5. The van der Waals surface area contributed by atoms with Crippen LogP contribution in [0.2, 0.25) is 0 Å². The van der Waals surface area contributed by atoms with Gasteiger partial charge in [-0.2, -0.15) is 0 Å². The maximum absolute atomic E-state index is 12.5. The molecule has 32 heavy (non-hydrogen) atoms. The maximum Gasteiger partial charge on any atom is 0.307 e. The third-order valence-corrected chi connectivity index (χ3v) is 5.77. The number of nitrogens with zero attached hydrogens (tertiary/aromatic N) is 1. The van der Waals surface area contributed by atoms with E-state index >= 15 is 0 Å². The number of ether oxygens (including phenoxy) is 3. The van der Waals surface area contributed by atoms with Gasteiger partial charge < -0.3 is 14.2 Å². The summed E-state index contributed by atoms with van der Waals surface area (Å²) in [6.07, 6.45) is 0.218. The second kappa shape index (κ2) is 11.3. The third kappa shape index (κ3) is 5.68. The topological polar surface area (TPSA) is 48.0 Å². The Bertz CT molecular complexity index is 991. The summed E-state index contributed by atoms with van der Waals surface area (Å²) in [5.74, 6) is 1.02. The van der Waals surface area contributed by atoms with E-state index in [4.69, 9.17) is 14.2 Å². The van der Waals surface area contributed by atoms with Crippen molar-refractivity contribution < 1.29 is 19.0 Å². The van der Waals surface area contributed by atoms with Crippen LogP contribution in [-0.4, -0.2) is 32.2 Å². The van der Waals surface area contributed by atoms with Crippen LogP contribution < -0.4 is 9.47 Å². The monoisotopic (exact) mass is 433 g/mol. The first-order valence-corrected chi connectivity index (χ1v) is 10.7. The molecule has 0 aliphatic carbocycles. The fourth-order valence-electron chi connectivity index (χ4n) is 3.96. The number of carbonyl (C=O) groups is 1. The maximum atomic E-state index is 12.5. The van der Waals surface area contributed by atoms with Crippen LogP contribution in [0.5, 0.6) is 11.5 Å². The highest BCUT2D eigenvalue weighted by molar-refractivity contribution is 5.70. The molecule has 0 aromatic heterocycles. The van der Waals surface area contributed by atoms with E-state index in [1.54, 1.807) is 14.2 Å². The molecule has 0 fully saturated rings. The number of rotatable bonds is 10. The first-order valence-electron chi connectivity index (χ1n) is 10.7. The molecule has 3 rings (SSSR count). The first-order chi connectivity index (χ1) is 15.6. The highest BCUT2D eigenvalue weighted by Gasteiger charge is 2.29. The lowest BCUT2D eigenvalue weighted by Crippen LogP contribution is -2.33. The van der Waals surface area contributed by atoms with Gasteiger partial charge in [0.1, 0.15) is 0 Å². The van der Waals surface area contributed by atoms with Crippen molar-refractivity contribution in [2.75, 3.05) is 21.3 Å². The quantitative estimate of drug-likeness (QED) is 0.391. The van der Waals surface area contributed by atoms with E-state index in [1.807, 2.05) is 54.6 Å². The van der Waals surface area contributed by atoms with Crippen molar-refractivity contribution in [2.45, 2.75) is 32.0 Å². The van der Waals surface area contributed by atoms with Crippen LogP contribution in [0.3, 0.4) is 0 Å². The summed E-state index contributed by atoms with van der Waals surface area (Å²) in [5.41, 5.74) is 3.32. The zero-order valence-electron chi connectivity index (χ0n) is 19.2. The molecule has 0 aliphatic rings. The molecule has 0 saturated carbocycles. The molecule has 0 radical (unpaired) electrons. The van der Waals surface area contributed by atoms with Crippen LogP contribution in [-0.2, 0) is 16.1 Å². The molecule has 0 saturated heterocycles. The molecule has 0 N–H and O–H groups in total. The zero-order chi connectivity index (χ0) is 22.9. The minimum absolute atomic E-state index is 0.0548. The third-order valence-electron chi connectivity index (χ3n) is 5.77. The van der Waals surface area contributed by atoms with Crippen molar-refractivity contribution in [1.82, 2.24) is 4.90 Å². The summed E-state index contributed by atoms with van der Waals surface area (Å²) in [6.45, 7) is 2.84. The predicted octanol–water partition coefficient (Wildman–Crippen LogP) is 5.57. The Hall–Kier alpha value is -3.31. The number of methoxy groups -OCH3 is 3. The fraction of sp³-hybridized carbons (Fsp3) is 0.296. The van der Waals surface area contributed by atoms with Gasteiger partial charge >= 0.3 is 5.97 Å². The molecule has 2 atom stereocenters. The van der Waals surface area contributed by atoms with Crippen molar-refractivity contribution in [2.24, 2.45) is 0 Å². The number of esters is 1. The molecule has 3 aromatic carbocycles. The van der Waals surface area contributed by atoms with Gasteiger partial charge in [-0.05, 0) is 35.7 Å². The lowest BCUT2D eigenvalue weighted by atomic mass is 9.96. The van der Waals surface area contributed by atoms with Crippen LogP contribution in [0.1, 0.15) is 42.1 Å². The minimum Gasteiger partial charge on any atom is -0.493 e. The summed E-state index contributed by atoms with van der Waals surface area (Å²) in [6, 6.07) is 26.3. The average Bonchev–Trinajstić information content (AvgIpc) is 2.86. The fourth-order valence-corrected chi connectivity index (χ4v) is 3.96. The molecule has 5 heteroatoms. The number of benzene rings is 3. The smallest absolute Gasteiger partial charge is 0.307 e. The Morgan fingerprint density at radius 1 is 0.812 bits per heavy atom. The molecule has 3 aromatic rings. The lowest BCUT2D eigenvalue weighted by molar-refractivity contribution is -0.142.